The number of nitrogens with one attached hydrogen (secondary N) is 2. The van der Waals surface area contributed by atoms with E-state index in [0.717, 1.165) is 9.26 Å². The van der Waals surface area contributed by atoms with Gasteiger partial charge < -0.3 is 5.32 Å². The summed E-state index contributed by atoms with van der Waals surface area (Å²) in [5.41, 5.74) is 0.658. The SMILES string of the molecule is C#CC(C)(CC)NC(=O)c1n[nH]c(C)c1I. The van der Waals surface area contributed by atoms with E-state index in [1.54, 1.807) is 0 Å². The van der Waals surface area contributed by atoms with Gasteiger partial charge in [0.25, 0.3) is 5.91 Å². The molecule has 1 heterocycles. The number of rotatable bonds is 3. The number of hydrogen-bond donors (Lipinski definition) is 2. The van der Waals surface area contributed by atoms with Crippen molar-refractivity contribution in [3.05, 3.63) is 15.0 Å². The molecular weight excluding hydrogens is 317 g/mol. The van der Waals surface area contributed by atoms with Gasteiger partial charge in [0.2, 0.25) is 0 Å². The van der Waals surface area contributed by atoms with E-state index in [1.807, 2.05) is 20.8 Å². The Morgan fingerprint density at radius 2 is 2.38 bits per heavy atom. The van der Waals surface area contributed by atoms with Crippen LogP contribution >= 0.6 is 22.6 Å². The predicted octanol–water partition coefficient (Wildman–Crippen LogP) is 1.85. The first kappa shape index (κ1) is 13.0. The molecule has 1 atom stereocenters. The number of nitrogens with zero attached hydrogens (tertiary/aromatic N) is 1. The van der Waals surface area contributed by atoms with Crippen LogP contribution in [0.5, 0.6) is 0 Å². The molecule has 0 aliphatic heterocycles. The molecule has 0 fully saturated rings. The Morgan fingerprint density at radius 1 is 1.75 bits per heavy atom. The Morgan fingerprint density at radius 3 is 2.75 bits per heavy atom. The lowest BCUT2D eigenvalue weighted by Gasteiger charge is -2.22. The fraction of sp³-hybridized carbons (Fsp3) is 0.455. The Labute approximate surface area is 109 Å². The number of carbonyl (C=O) groups is 1. The molecule has 1 amide bonds. The average Bonchev–Trinajstić information content (AvgIpc) is 2.59. The van der Waals surface area contributed by atoms with Gasteiger partial charge in [-0.05, 0) is 42.9 Å². The van der Waals surface area contributed by atoms with Crippen molar-refractivity contribution < 1.29 is 4.79 Å². The number of halogens is 1. The van der Waals surface area contributed by atoms with Crippen LogP contribution in [-0.2, 0) is 0 Å². The third-order valence-electron chi connectivity index (χ3n) is 2.50. The molecule has 0 aliphatic carbocycles. The molecule has 0 saturated carbocycles. The topological polar surface area (TPSA) is 57.8 Å². The smallest absolute Gasteiger partial charge is 0.274 e. The van der Waals surface area contributed by atoms with Crippen LogP contribution in [0.4, 0.5) is 0 Å². The minimum Gasteiger partial charge on any atom is -0.335 e. The molecule has 0 aromatic carbocycles. The van der Waals surface area contributed by atoms with Crippen LogP contribution in [0.1, 0.15) is 36.5 Å². The molecule has 1 aromatic rings. The lowest BCUT2D eigenvalue weighted by molar-refractivity contribution is 0.0917. The van der Waals surface area contributed by atoms with E-state index in [1.165, 1.54) is 0 Å². The monoisotopic (exact) mass is 331 g/mol. The van der Waals surface area contributed by atoms with Crippen molar-refractivity contribution in [2.24, 2.45) is 0 Å². The molecule has 5 heteroatoms. The van der Waals surface area contributed by atoms with Gasteiger partial charge in [0, 0.05) is 5.69 Å². The van der Waals surface area contributed by atoms with Gasteiger partial charge in [-0.2, -0.15) is 5.10 Å². The molecular formula is C11H14IN3O. The number of aromatic nitrogens is 2. The quantitative estimate of drug-likeness (QED) is 0.656. The summed E-state index contributed by atoms with van der Waals surface area (Å²) in [7, 11) is 0. The van der Waals surface area contributed by atoms with Crippen molar-refractivity contribution in [1.29, 1.82) is 0 Å². The van der Waals surface area contributed by atoms with E-state index in [-0.39, 0.29) is 5.91 Å². The van der Waals surface area contributed by atoms with Gasteiger partial charge in [0.15, 0.2) is 5.69 Å². The van der Waals surface area contributed by atoms with Crippen molar-refractivity contribution >= 4 is 28.5 Å². The number of aryl methyl sites for hydroxylation is 1. The van der Waals surface area contributed by atoms with Crippen molar-refractivity contribution in [2.45, 2.75) is 32.7 Å². The van der Waals surface area contributed by atoms with E-state index in [2.05, 4.69) is 44.0 Å². The summed E-state index contributed by atoms with van der Waals surface area (Å²) in [5.74, 6) is 2.34. The number of carbonyl (C=O) groups excluding carboxylic acids is 1. The summed E-state index contributed by atoms with van der Waals surface area (Å²) < 4.78 is 0.825. The van der Waals surface area contributed by atoms with Crippen molar-refractivity contribution in [3.63, 3.8) is 0 Å². The lowest BCUT2D eigenvalue weighted by Crippen LogP contribution is -2.44. The van der Waals surface area contributed by atoms with Gasteiger partial charge in [-0.25, -0.2) is 0 Å². The maximum Gasteiger partial charge on any atom is 0.274 e. The average molecular weight is 331 g/mol. The highest BCUT2D eigenvalue weighted by Gasteiger charge is 2.24. The molecule has 1 rings (SSSR count). The Kier molecular flexibility index (Phi) is 3.97. The maximum atomic E-state index is 11.9. The summed E-state index contributed by atoms with van der Waals surface area (Å²) in [5, 5.41) is 9.53. The van der Waals surface area contributed by atoms with Gasteiger partial charge >= 0.3 is 0 Å². The van der Waals surface area contributed by atoms with E-state index in [9.17, 15) is 4.79 Å². The maximum absolute atomic E-state index is 11.9. The van der Waals surface area contributed by atoms with Crippen LogP contribution in [0.25, 0.3) is 0 Å². The Bertz CT molecular complexity index is 447. The zero-order valence-electron chi connectivity index (χ0n) is 9.52. The van der Waals surface area contributed by atoms with Crippen LogP contribution in [-0.4, -0.2) is 21.6 Å². The first-order valence-electron chi connectivity index (χ1n) is 4.94. The first-order valence-corrected chi connectivity index (χ1v) is 6.02. The summed E-state index contributed by atoms with van der Waals surface area (Å²) >= 11 is 2.08. The molecule has 1 unspecified atom stereocenters. The minimum atomic E-state index is -0.618. The third kappa shape index (κ3) is 2.55. The fourth-order valence-corrected chi connectivity index (χ4v) is 1.59. The number of terminal acetylenes is 1. The predicted molar refractivity (Wildman–Crippen MR) is 71.0 cm³/mol. The highest BCUT2D eigenvalue weighted by Crippen LogP contribution is 2.15. The second-order valence-electron chi connectivity index (χ2n) is 3.80. The molecule has 1 aromatic heterocycles. The van der Waals surface area contributed by atoms with Crippen LogP contribution in [0.2, 0.25) is 0 Å². The minimum absolute atomic E-state index is 0.240. The molecule has 0 bridgehead atoms. The fourth-order valence-electron chi connectivity index (χ4n) is 1.10. The summed E-state index contributed by atoms with van der Waals surface area (Å²) in [6.07, 6.45) is 6.07. The molecule has 2 N–H and O–H groups in total. The third-order valence-corrected chi connectivity index (χ3v) is 3.82. The molecule has 4 nitrogen and oxygen atoms in total. The second-order valence-corrected chi connectivity index (χ2v) is 4.87. The summed E-state index contributed by atoms with van der Waals surface area (Å²) in [4.78, 5) is 11.9. The molecule has 0 saturated heterocycles. The zero-order chi connectivity index (χ0) is 12.3. The number of H-pyrrole nitrogens is 1. The van der Waals surface area contributed by atoms with Gasteiger partial charge in [0.05, 0.1) is 9.11 Å². The Balaban J connectivity index is 2.89. The first-order chi connectivity index (χ1) is 7.43. The van der Waals surface area contributed by atoms with Crippen molar-refractivity contribution in [2.75, 3.05) is 0 Å². The van der Waals surface area contributed by atoms with Crippen LogP contribution in [0.3, 0.4) is 0 Å². The van der Waals surface area contributed by atoms with Crippen LogP contribution in [0, 0.1) is 22.8 Å². The van der Waals surface area contributed by atoms with Crippen molar-refractivity contribution in [1.82, 2.24) is 15.5 Å². The number of aromatic amines is 1. The zero-order valence-corrected chi connectivity index (χ0v) is 11.7. The highest BCUT2D eigenvalue weighted by atomic mass is 127. The summed E-state index contributed by atoms with van der Waals surface area (Å²) in [6.45, 7) is 5.62. The van der Waals surface area contributed by atoms with Crippen LogP contribution < -0.4 is 5.32 Å². The summed E-state index contributed by atoms with van der Waals surface area (Å²) in [6, 6.07) is 0. The van der Waals surface area contributed by atoms with Crippen LogP contribution in [0.15, 0.2) is 0 Å². The molecule has 86 valence electrons. The standard InChI is InChI=1S/C11H14IN3O/c1-5-11(4,6-2)13-10(16)9-8(12)7(3)14-15-9/h1H,6H2,2-4H3,(H,13,16)(H,14,15). The van der Waals surface area contributed by atoms with E-state index in [4.69, 9.17) is 6.42 Å². The van der Waals surface area contributed by atoms with Gasteiger partial charge in [0.1, 0.15) is 0 Å². The van der Waals surface area contributed by atoms with Gasteiger partial charge in [-0.15, -0.1) is 6.42 Å². The molecule has 16 heavy (non-hydrogen) atoms. The van der Waals surface area contributed by atoms with Gasteiger partial charge in [-0.3, -0.25) is 9.89 Å². The largest absolute Gasteiger partial charge is 0.335 e. The number of hydrogen-bond acceptors (Lipinski definition) is 2. The van der Waals surface area contributed by atoms with E-state index < -0.39 is 5.54 Å². The Hall–Kier alpha value is -1.03. The molecule has 0 spiro atoms. The number of amides is 1. The van der Waals surface area contributed by atoms with Crippen molar-refractivity contribution in [3.8, 4) is 12.3 Å². The second kappa shape index (κ2) is 4.87. The lowest BCUT2D eigenvalue weighted by atomic mass is 10.0. The normalized spacial score (nSPS) is 13.9. The van der Waals surface area contributed by atoms with E-state index >= 15 is 0 Å². The molecule has 0 radical (unpaired) electrons. The van der Waals surface area contributed by atoms with Gasteiger partial charge in [-0.1, -0.05) is 12.8 Å². The highest BCUT2D eigenvalue weighted by molar-refractivity contribution is 14.1. The van der Waals surface area contributed by atoms with E-state index in [0.29, 0.717) is 12.1 Å². The molecule has 0 aliphatic rings.